The van der Waals surface area contributed by atoms with Crippen LogP contribution in [0.3, 0.4) is 0 Å². The smallest absolute Gasteiger partial charge is 0.0642 e. The van der Waals surface area contributed by atoms with E-state index in [1.165, 1.54) is 17.7 Å². The summed E-state index contributed by atoms with van der Waals surface area (Å²) in [5.41, 5.74) is 2.39. The van der Waals surface area contributed by atoms with Gasteiger partial charge in [-0.2, -0.15) is 0 Å². The molecule has 2 rings (SSSR count). The second kappa shape index (κ2) is 5.50. The molecule has 1 saturated heterocycles. The van der Waals surface area contributed by atoms with E-state index in [2.05, 4.69) is 56.2 Å². The molecule has 1 N–H and O–H groups in total. The van der Waals surface area contributed by atoms with E-state index < -0.39 is 0 Å². The SMILES string of the molecule is CNC1CCN(c2ccc(C)cc2Cl)C(C)C1C. The Hall–Kier alpha value is -0.730. The van der Waals surface area contributed by atoms with Gasteiger partial charge in [0.05, 0.1) is 10.7 Å². The topological polar surface area (TPSA) is 15.3 Å². The van der Waals surface area contributed by atoms with E-state index in [0.29, 0.717) is 18.0 Å². The molecule has 100 valence electrons. The van der Waals surface area contributed by atoms with Gasteiger partial charge in [-0.1, -0.05) is 24.6 Å². The van der Waals surface area contributed by atoms with Crippen LogP contribution >= 0.6 is 11.6 Å². The maximum Gasteiger partial charge on any atom is 0.0642 e. The van der Waals surface area contributed by atoms with Gasteiger partial charge in [0.1, 0.15) is 0 Å². The zero-order valence-electron chi connectivity index (χ0n) is 11.7. The average molecular weight is 267 g/mol. The van der Waals surface area contributed by atoms with Crippen molar-refractivity contribution in [1.82, 2.24) is 5.32 Å². The molecule has 0 aromatic heterocycles. The molecule has 0 spiro atoms. The highest BCUT2D eigenvalue weighted by molar-refractivity contribution is 6.33. The predicted molar refractivity (Wildman–Crippen MR) is 79.6 cm³/mol. The van der Waals surface area contributed by atoms with Gasteiger partial charge in [-0.05, 0) is 50.9 Å². The van der Waals surface area contributed by atoms with Crippen molar-refractivity contribution in [3.05, 3.63) is 28.8 Å². The number of aryl methyl sites for hydroxylation is 1. The number of nitrogens with one attached hydrogen (secondary N) is 1. The lowest BCUT2D eigenvalue weighted by atomic mass is 9.86. The van der Waals surface area contributed by atoms with Crippen LogP contribution in [0.1, 0.15) is 25.8 Å². The summed E-state index contributed by atoms with van der Waals surface area (Å²) in [5, 5.41) is 4.29. The van der Waals surface area contributed by atoms with E-state index >= 15 is 0 Å². The summed E-state index contributed by atoms with van der Waals surface area (Å²) in [5.74, 6) is 0.626. The fourth-order valence-electron chi connectivity index (χ4n) is 2.96. The van der Waals surface area contributed by atoms with E-state index in [9.17, 15) is 0 Å². The molecule has 0 bridgehead atoms. The minimum absolute atomic E-state index is 0.511. The van der Waals surface area contributed by atoms with Crippen LogP contribution in [0.25, 0.3) is 0 Å². The number of hydrogen-bond acceptors (Lipinski definition) is 2. The average Bonchev–Trinajstić information content (AvgIpc) is 2.34. The molecule has 3 unspecified atom stereocenters. The van der Waals surface area contributed by atoms with Crippen LogP contribution in [-0.2, 0) is 0 Å². The summed E-state index contributed by atoms with van der Waals surface area (Å²) in [6, 6.07) is 7.47. The highest BCUT2D eigenvalue weighted by Crippen LogP contribution is 2.33. The molecule has 3 heteroatoms. The van der Waals surface area contributed by atoms with Crippen LogP contribution < -0.4 is 10.2 Å². The largest absolute Gasteiger partial charge is 0.367 e. The molecule has 1 aromatic carbocycles. The fraction of sp³-hybridized carbons (Fsp3) is 0.600. The molecule has 0 amide bonds. The zero-order chi connectivity index (χ0) is 13.3. The molecule has 0 aliphatic carbocycles. The monoisotopic (exact) mass is 266 g/mol. The van der Waals surface area contributed by atoms with Crippen molar-refractivity contribution in [2.45, 2.75) is 39.3 Å². The van der Waals surface area contributed by atoms with Crippen molar-refractivity contribution in [3.8, 4) is 0 Å². The Morgan fingerprint density at radius 3 is 2.67 bits per heavy atom. The molecule has 1 aromatic rings. The Bertz CT molecular complexity index is 419. The third kappa shape index (κ3) is 2.50. The van der Waals surface area contributed by atoms with Gasteiger partial charge in [0.2, 0.25) is 0 Å². The summed E-state index contributed by atoms with van der Waals surface area (Å²) in [7, 11) is 2.06. The summed E-state index contributed by atoms with van der Waals surface area (Å²) >= 11 is 6.39. The first kappa shape index (κ1) is 13.7. The van der Waals surface area contributed by atoms with E-state index in [4.69, 9.17) is 11.6 Å². The number of hydrogen-bond donors (Lipinski definition) is 1. The zero-order valence-corrected chi connectivity index (χ0v) is 12.5. The van der Waals surface area contributed by atoms with Crippen molar-refractivity contribution >= 4 is 17.3 Å². The molecule has 3 atom stereocenters. The lowest BCUT2D eigenvalue weighted by molar-refractivity contribution is 0.283. The van der Waals surface area contributed by atoms with Crippen LogP contribution in [0.4, 0.5) is 5.69 Å². The van der Waals surface area contributed by atoms with Gasteiger partial charge < -0.3 is 10.2 Å². The Kier molecular flexibility index (Phi) is 4.18. The number of piperidine rings is 1. The molecule has 1 fully saturated rings. The molecule has 18 heavy (non-hydrogen) atoms. The van der Waals surface area contributed by atoms with Gasteiger partial charge in [-0.25, -0.2) is 0 Å². The van der Waals surface area contributed by atoms with Gasteiger partial charge in [0, 0.05) is 18.6 Å². The van der Waals surface area contributed by atoms with Gasteiger partial charge in [-0.3, -0.25) is 0 Å². The number of rotatable bonds is 2. The molecule has 1 aliphatic heterocycles. The molecule has 0 saturated carbocycles. The number of nitrogens with zero attached hydrogens (tertiary/aromatic N) is 1. The quantitative estimate of drug-likeness (QED) is 0.882. The van der Waals surface area contributed by atoms with Crippen molar-refractivity contribution in [1.29, 1.82) is 0 Å². The molecule has 0 radical (unpaired) electrons. The van der Waals surface area contributed by atoms with Crippen molar-refractivity contribution in [2.24, 2.45) is 5.92 Å². The predicted octanol–water partition coefficient (Wildman–Crippen LogP) is 3.47. The van der Waals surface area contributed by atoms with Crippen LogP contribution in [0.5, 0.6) is 0 Å². The molecular weight excluding hydrogens is 244 g/mol. The Morgan fingerprint density at radius 1 is 1.33 bits per heavy atom. The fourth-order valence-corrected chi connectivity index (χ4v) is 3.30. The highest BCUT2D eigenvalue weighted by Gasteiger charge is 2.32. The normalized spacial score (nSPS) is 28.5. The van der Waals surface area contributed by atoms with Crippen LogP contribution in [0.2, 0.25) is 5.02 Å². The van der Waals surface area contributed by atoms with E-state index in [1.54, 1.807) is 0 Å². The van der Waals surface area contributed by atoms with Crippen molar-refractivity contribution in [3.63, 3.8) is 0 Å². The summed E-state index contributed by atoms with van der Waals surface area (Å²) in [4.78, 5) is 2.44. The second-order valence-corrected chi connectivity index (χ2v) is 5.84. The standard InChI is InChI=1S/C15H23ClN2/c1-10-5-6-15(13(16)9-10)18-8-7-14(17-4)11(2)12(18)3/h5-6,9,11-12,14,17H,7-8H2,1-4H3. The molecule has 1 aliphatic rings. The highest BCUT2D eigenvalue weighted by atomic mass is 35.5. The Morgan fingerprint density at radius 2 is 2.06 bits per heavy atom. The van der Waals surface area contributed by atoms with Crippen molar-refractivity contribution in [2.75, 3.05) is 18.5 Å². The van der Waals surface area contributed by atoms with Gasteiger partial charge in [0.25, 0.3) is 0 Å². The maximum absolute atomic E-state index is 6.39. The minimum Gasteiger partial charge on any atom is -0.367 e. The van der Waals surface area contributed by atoms with E-state index in [1.807, 2.05) is 0 Å². The Balaban J connectivity index is 2.24. The van der Waals surface area contributed by atoms with Crippen LogP contribution in [-0.4, -0.2) is 25.7 Å². The lowest BCUT2D eigenvalue weighted by Crippen LogP contribution is -2.52. The summed E-state index contributed by atoms with van der Waals surface area (Å²) in [6.45, 7) is 7.76. The number of halogens is 1. The maximum atomic E-state index is 6.39. The lowest BCUT2D eigenvalue weighted by Gasteiger charge is -2.44. The summed E-state index contributed by atoms with van der Waals surface area (Å²) < 4.78 is 0. The van der Waals surface area contributed by atoms with E-state index in [0.717, 1.165) is 11.6 Å². The first-order chi connectivity index (χ1) is 8.54. The summed E-state index contributed by atoms with van der Waals surface area (Å²) in [6.07, 6.45) is 1.17. The minimum atomic E-state index is 0.511. The van der Waals surface area contributed by atoms with Crippen LogP contribution in [0, 0.1) is 12.8 Å². The van der Waals surface area contributed by atoms with Gasteiger partial charge >= 0.3 is 0 Å². The van der Waals surface area contributed by atoms with E-state index in [-0.39, 0.29) is 0 Å². The second-order valence-electron chi connectivity index (χ2n) is 5.43. The first-order valence-electron chi connectivity index (χ1n) is 6.74. The first-order valence-corrected chi connectivity index (χ1v) is 7.12. The molecule has 2 nitrogen and oxygen atoms in total. The van der Waals surface area contributed by atoms with Crippen LogP contribution in [0.15, 0.2) is 18.2 Å². The van der Waals surface area contributed by atoms with Crippen molar-refractivity contribution < 1.29 is 0 Å². The third-order valence-electron chi connectivity index (χ3n) is 4.35. The Labute approximate surface area is 115 Å². The van der Waals surface area contributed by atoms with Gasteiger partial charge in [-0.15, -0.1) is 0 Å². The third-order valence-corrected chi connectivity index (χ3v) is 4.65. The number of benzene rings is 1. The number of anilines is 1. The van der Waals surface area contributed by atoms with Gasteiger partial charge in [0.15, 0.2) is 0 Å². The molecule has 1 heterocycles. The molecular formula is C15H23ClN2.